The van der Waals surface area contributed by atoms with Crippen LogP contribution in [0.5, 0.6) is 0 Å². The molecule has 2 aromatic rings. The molecule has 0 aliphatic heterocycles. The molecule has 0 bridgehead atoms. The molecule has 0 aliphatic rings. The Morgan fingerprint density at radius 1 is 1.00 bits per heavy atom. The van der Waals surface area contributed by atoms with Crippen LogP contribution in [0.15, 0.2) is 53.5 Å². The molecule has 122 valence electrons. The zero-order valence-electron chi connectivity index (χ0n) is 13.5. The van der Waals surface area contributed by atoms with Crippen LogP contribution in [0.25, 0.3) is 0 Å². The van der Waals surface area contributed by atoms with Gasteiger partial charge in [-0.25, -0.2) is 0 Å². The second kappa shape index (κ2) is 9.18. The van der Waals surface area contributed by atoms with Gasteiger partial charge in [-0.05, 0) is 28.8 Å². The van der Waals surface area contributed by atoms with Crippen molar-refractivity contribution in [1.82, 2.24) is 10.6 Å². The van der Waals surface area contributed by atoms with Gasteiger partial charge in [0.2, 0.25) is 0 Å². The maximum Gasteiger partial charge on any atom is 0.191 e. The number of benzene rings is 2. The van der Waals surface area contributed by atoms with E-state index in [1.807, 2.05) is 30.3 Å². The number of rotatable bonds is 6. The number of nitrogens with zero attached hydrogens (tertiary/aromatic N) is 1. The van der Waals surface area contributed by atoms with Crippen molar-refractivity contribution >= 4 is 17.6 Å². The normalized spacial score (nSPS) is 11.3. The van der Waals surface area contributed by atoms with Crippen molar-refractivity contribution in [2.45, 2.75) is 19.7 Å². The molecule has 5 heteroatoms. The van der Waals surface area contributed by atoms with Crippen LogP contribution >= 0.6 is 11.6 Å². The van der Waals surface area contributed by atoms with Crippen molar-refractivity contribution in [3.05, 3.63) is 70.2 Å². The van der Waals surface area contributed by atoms with Crippen molar-refractivity contribution in [3.8, 4) is 0 Å². The first-order valence-electron chi connectivity index (χ1n) is 7.47. The van der Waals surface area contributed by atoms with Crippen LogP contribution in [0.4, 0.5) is 0 Å². The van der Waals surface area contributed by atoms with Gasteiger partial charge in [0, 0.05) is 32.3 Å². The lowest BCUT2D eigenvalue weighted by Gasteiger charge is -2.12. The Kier molecular flexibility index (Phi) is 6.91. The van der Waals surface area contributed by atoms with Crippen molar-refractivity contribution in [3.63, 3.8) is 0 Å². The van der Waals surface area contributed by atoms with Crippen LogP contribution in [0.3, 0.4) is 0 Å². The van der Waals surface area contributed by atoms with Gasteiger partial charge in [-0.3, -0.25) is 4.99 Å². The average Bonchev–Trinajstić information content (AvgIpc) is 2.57. The fraction of sp³-hybridized carbons (Fsp3) is 0.278. The van der Waals surface area contributed by atoms with Gasteiger partial charge in [0.1, 0.15) is 0 Å². The van der Waals surface area contributed by atoms with Gasteiger partial charge < -0.3 is 15.4 Å². The SMILES string of the molecule is CN=C(NCc1ccc(Cl)cc1)NCc1cccc(COC)c1. The zero-order valence-corrected chi connectivity index (χ0v) is 14.2. The third kappa shape index (κ3) is 5.93. The van der Waals surface area contributed by atoms with Crippen LogP contribution in [-0.2, 0) is 24.4 Å². The Labute approximate surface area is 142 Å². The number of nitrogens with one attached hydrogen (secondary N) is 2. The Hall–Kier alpha value is -2.04. The van der Waals surface area contributed by atoms with E-state index in [0.717, 1.165) is 22.1 Å². The molecule has 2 N–H and O–H groups in total. The minimum atomic E-state index is 0.622. The van der Waals surface area contributed by atoms with E-state index in [4.69, 9.17) is 16.3 Å². The minimum Gasteiger partial charge on any atom is -0.380 e. The topological polar surface area (TPSA) is 45.7 Å². The molecule has 23 heavy (non-hydrogen) atoms. The van der Waals surface area contributed by atoms with Gasteiger partial charge in [-0.1, -0.05) is 48.0 Å². The monoisotopic (exact) mass is 331 g/mol. The highest BCUT2D eigenvalue weighted by Gasteiger charge is 2.00. The molecule has 0 amide bonds. The Morgan fingerprint density at radius 2 is 1.65 bits per heavy atom. The van der Waals surface area contributed by atoms with Crippen LogP contribution < -0.4 is 10.6 Å². The van der Waals surface area contributed by atoms with Gasteiger partial charge in [0.15, 0.2) is 5.96 Å². The quantitative estimate of drug-likeness (QED) is 0.630. The van der Waals surface area contributed by atoms with Gasteiger partial charge in [0.05, 0.1) is 6.61 Å². The molecular weight excluding hydrogens is 310 g/mol. The summed E-state index contributed by atoms with van der Waals surface area (Å²) < 4.78 is 5.16. The van der Waals surface area contributed by atoms with Crippen molar-refractivity contribution in [2.75, 3.05) is 14.2 Å². The molecular formula is C18H22ClN3O. The molecule has 0 saturated heterocycles. The number of methoxy groups -OCH3 is 1. The summed E-state index contributed by atoms with van der Waals surface area (Å²) in [5, 5.41) is 7.34. The molecule has 4 nitrogen and oxygen atoms in total. The van der Waals surface area contributed by atoms with Crippen LogP contribution in [0.2, 0.25) is 5.02 Å². The molecule has 0 spiro atoms. The van der Waals surface area contributed by atoms with Crippen molar-refractivity contribution in [2.24, 2.45) is 4.99 Å². The predicted octanol–water partition coefficient (Wildman–Crippen LogP) is 3.35. The second-order valence-corrected chi connectivity index (χ2v) is 5.60. The zero-order chi connectivity index (χ0) is 16.5. The second-order valence-electron chi connectivity index (χ2n) is 5.16. The molecule has 0 unspecified atom stereocenters. The molecule has 2 aromatic carbocycles. The van der Waals surface area contributed by atoms with E-state index in [9.17, 15) is 0 Å². The number of aliphatic imine (C=N–C) groups is 1. The summed E-state index contributed by atoms with van der Waals surface area (Å²) in [6, 6.07) is 16.1. The molecule has 0 aromatic heterocycles. The first kappa shape index (κ1) is 17.3. The molecule has 0 heterocycles. The van der Waals surface area contributed by atoms with Gasteiger partial charge in [-0.2, -0.15) is 0 Å². The highest BCUT2D eigenvalue weighted by Crippen LogP contribution is 2.09. The van der Waals surface area contributed by atoms with E-state index in [1.54, 1.807) is 14.2 Å². The van der Waals surface area contributed by atoms with Crippen LogP contribution in [0.1, 0.15) is 16.7 Å². The molecule has 2 rings (SSSR count). The average molecular weight is 332 g/mol. The van der Waals surface area contributed by atoms with E-state index >= 15 is 0 Å². The maximum absolute atomic E-state index is 5.89. The highest BCUT2D eigenvalue weighted by molar-refractivity contribution is 6.30. The summed E-state index contributed by atoms with van der Waals surface area (Å²) >= 11 is 5.89. The molecule has 0 radical (unpaired) electrons. The largest absolute Gasteiger partial charge is 0.380 e. The lowest BCUT2D eigenvalue weighted by atomic mass is 10.1. The van der Waals surface area contributed by atoms with Gasteiger partial charge in [-0.15, -0.1) is 0 Å². The molecule has 0 atom stereocenters. The summed E-state index contributed by atoms with van der Waals surface area (Å²) in [5.74, 6) is 0.761. The van der Waals surface area contributed by atoms with Crippen LogP contribution in [0, 0.1) is 0 Å². The van der Waals surface area contributed by atoms with E-state index in [-0.39, 0.29) is 0 Å². The van der Waals surface area contributed by atoms with E-state index in [0.29, 0.717) is 19.7 Å². The van der Waals surface area contributed by atoms with E-state index in [2.05, 4.69) is 33.8 Å². The van der Waals surface area contributed by atoms with Crippen molar-refractivity contribution in [1.29, 1.82) is 0 Å². The molecule has 0 fully saturated rings. The highest BCUT2D eigenvalue weighted by atomic mass is 35.5. The summed E-state index contributed by atoms with van der Waals surface area (Å²) in [5.41, 5.74) is 3.50. The Balaban J connectivity index is 1.85. The van der Waals surface area contributed by atoms with Crippen LogP contribution in [-0.4, -0.2) is 20.1 Å². The number of hydrogen-bond donors (Lipinski definition) is 2. The number of guanidine groups is 1. The standard InChI is InChI=1S/C18H22ClN3O/c1-20-18(21-11-14-6-8-17(19)9-7-14)22-12-15-4-3-5-16(10-15)13-23-2/h3-10H,11-13H2,1-2H3,(H2,20,21,22). The third-order valence-electron chi connectivity index (χ3n) is 3.36. The first-order valence-corrected chi connectivity index (χ1v) is 7.85. The van der Waals surface area contributed by atoms with Gasteiger partial charge >= 0.3 is 0 Å². The van der Waals surface area contributed by atoms with E-state index < -0.39 is 0 Å². The first-order chi connectivity index (χ1) is 11.2. The number of hydrogen-bond acceptors (Lipinski definition) is 2. The molecule has 0 aliphatic carbocycles. The summed E-state index contributed by atoms with van der Waals surface area (Å²) in [6.07, 6.45) is 0. The summed E-state index contributed by atoms with van der Waals surface area (Å²) in [6.45, 7) is 2.02. The van der Waals surface area contributed by atoms with E-state index in [1.165, 1.54) is 5.56 Å². The smallest absolute Gasteiger partial charge is 0.191 e. The van der Waals surface area contributed by atoms with Gasteiger partial charge in [0.25, 0.3) is 0 Å². The summed E-state index contributed by atoms with van der Waals surface area (Å²) in [4.78, 5) is 4.24. The molecule has 0 saturated carbocycles. The maximum atomic E-state index is 5.89. The summed E-state index contributed by atoms with van der Waals surface area (Å²) in [7, 11) is 3.46. The lowest BCUT2D eigenvalue weighted by Crippen LogP contribution is -2.36. The Morgan fingerprint density at radius 3 is 2.30 bits per heavy atom. The number of halogens is 1. The fourth-order valence-corrected chi connectivity index (χ4v) is 2.32. The number of ether oxygens (including phenoxy) is 1. The third-order valence-corrected chi connectivity index (χ3v) is 3.61. The Bertz CT molecular complexity index is 641. The lowest BCUT2D eigenvalue weighted by molar-refractivity contribution is 0.185. The minimum absolute atomic E-state index is 0.622. The van der Waals surface area contributed by atoms with Crippen molar-refractivity contribution < 1.29 is 4.74 Å². The fourth-order valence-electron chi connectivity index (χ4n) is 2.19. The predicted molar refractivity (Wildman–Crippen MR) is 95.6 cm³/mol.